The molecule has 4 rings (SSSR count). The summed E-state index contributed by atoms with van der Waals surface area (Å²) in [4.78, 5) is 23.3. The Balaban J connectivity index is 1.49. The van der Waals surface area contributed by atoms with Crippen molar-refractivity contribution in [2.45, 2.75) is 37.6 Å². The SMILES string of the molecule is CC1(C)Cc2c(sc3nc(SCC(=O)Nc4ccc(Br)cc4)nc(N)c23)CO1. The first-order chi connectivity index (χ1) is 13.3. The Labute approximate surface area is 179 Å². The lowest BCUT2D eigenvalue weighted by Gasteiger charge is -2.30. The Morgan fingerprint density at radius 2 is 2.11 bits per heavy atom. The van der Waals surface area contributed by atoms with E-state index in [0.29, 0.717) is 17.6 Å². The second-order valence-corrected chi connectivity index (χ2v) is 10.1. The summed E-state index contributed by atoms with van der Waals surface area (Å²) >= 11 is 6.24. The number of fused-ring (bicyclic) bond motifs is 3. The van der Waals surface area contributed by atoms with Crippen LogP contribution in [0.2, 0.25) is 0 Å². The van der Waals surface area contributed by atoms with Gasteiger partial charge in [0.15, 0.2) is 5.16 Å². The Bertz CT molecular complexity index is 1050. The number of nitrogen functional groups attached to an aromatic ring is 1. The normalized spacial score (nSPS) is 15.4. The molecule has 0 fully saturated rings. The number of ether oxygens (including phenoxy) is 1. The van der Waals surface area contributed by atoms with Gasteiger partial charge in [-0.3, -0.25) is 4.79 Å². The van der Waals surface area contributed by atoms with Crippen LogP contribution in [-0.2, 0) is 22.6 Å². The van der Waals surface area contributed by atoms with Gasteiger partial charge in [-0.05, 0) is 43.7 Å². The standard InChI is InChI=1S/C19H19BrN4O2S2/c1-19(2)7-12-13(8-26-19)28-17-15(12)16(21)23-18(24-17)27-9-14(25)22-11-5-3-10(20)4-6-11/h3-6H,7-9H2,1-2H3,(H,22,25)(H2,21,23,24). The van der Waals surface area contributed by atoms with Crippen LogP contribution in [0.4, 0.5) is 11.5 Å². The van der Waals surface area contributed by atoms with Gasteiger partial charge < -0.3 is 15.8 Å². The van der Waals surface area contributed by atoms with Gasteiger partial charge in [0, 0.05) is 21.5 Å². The van der Waals surface area contributed by atoms with E-state index in [2.05, 4.69) is 45.1 Å². The van der Waals surface area contributed by atoms with Crippen molar-refractivity contribution in [3.63, 3.8) is 0 Å². The minimum absolute atomic E-state index is 0.116. The summed E-state index contributed by atoms with van der Waals surface area (Å²) in [5.41, 5.74) is 7.98. The molecule has 3 aromatic rings. The molecule has 28 heavy (non-hydrogen) atoms. The minimum atomic E-state index is -0.216. The number of halogens is 1. The molecule has 1 aliphatic heterocycles. The fraction of sp³-hybridized carbons (Fsp3) is 0.316. The van der Waals surface area contributed by atoms with Crippen molar-refractivity contribution in [3.8, 4) is 0 Å². The number of carbonyl (C=O) groups is 1. The third-order valence-electron chi connectivity index (χ3n) is 4.40. The number of anilines is 2. The maximum absolute atomic E-state index is 12.2. The highest BCUT2D eigenvalue weighted by molar-refractivity contribution is 9.10. The Hall–Kier alpha value is -1.68. The number of hydrogen-bond donors (Lipinski definition) is 2. The van der Waals surface area contributed by atoms with Crippen molar-refractivity contribution in [2.75, 3.05) is 16.8 Å². The number of hydrogen-bond acceptors (Lipinski definition) is 7. The molecule has 146 valence electrons. The number of nitrogens with zero attached hydrogens (tertiary/aromatic N) is 2. The van der Waals surface area contributed by atoms with E-state index < -0.39 is 0 Å². The van der Waals surface area contributed by atoms with E-state index in [1.54, 1.807) is 11.3 Å². The predicted octanol–water partition coefficient (Wildman–Crippen LogP) is 4.62. The second-order valence-electron chi connectivity index (χ2n) is 7.14. The lowest BCUT2D eigenvalue weighted by atomic mass is 9.94. The maximum atomic E-state index is 12.2. The predicted molar refractivity (Wildman–Crippen MR) is 118 cm³/mol. The third kappa shape index (κ3) is 4.17. The topological polar surface area (TPSA) is 90.1 Å². The summed E-state index contributed by atoms with van der Waals surface area (Å²) in [6, 6.07) is 7.44. The molecule has 3 N–H and O–H groups in total. The van der Waals surface area contributed by atoms with E-state index in [9.17, 15) is 4.79 Å². The molecular weight excluding hydrogens is 460 g/mol. The number of benzene rings is 1. The van der Waals surface area contributed by atoms with Crippen molar-refractivity contribution in [1.82, 2.24) is 9.97 Å². The molecular formula is C19H19BrN4O2S2. The summed E-state index contributed by atoms with van der Waals surface area (Å²) < 4.78 is 6.86. The van der Waals surface area contributed by atoms with Gasteiger partial charge >= 0.3 is 0 Å². The van der Waals surface area contributed by atoms with Gasteiger partial charge in [-0.2, -0.15) is 0 Å². The fourth-order valence-electron chi connectivity index (χ4n) is 3.08. The fourth-order valence-corrected chi connectivity index (χ4v) is 5.16. The van der Waals surface area contributed by atoms with Crippen molar-refractivity contribution in [3.05, 3.63) is 39.2 Å². The van der Waals surface area contributed by atoms with Gasteiger partial charge in [-0.25, -0.2) is 9.97 Å². The average molecular weight is 479 g/mol. The zero-order valence-corrected chi connectivity index (χ0v) is 18.6. The first kappa shape index (κ1) is 19.6. The van der Waals surface area contributed by atoms with Crippen LogP contribution in [0, 0.1) is 0 Å². The van der Waals surface area contributed by atoms with E-state index in [4.69, 9.17) is 10.5 Å². The van der Waals surface area contributed by atoms with Crippen molar-refractivity contribution >= 4 is 66.7 Å². The molecule has 0 bridgehead atoms. The Kier molecular flexibility index (Phi) is 5.34. The van der Waals surface area contributed by atoms with Crippen LogP contribution in [0.1, 0.15) is 24.3 Å². The molecule has 0 saturated heterocycles. The molecule has 0 saturated carbocycles. The molecule has 0 unspecified atom stereocenters. The first-order valence-corrected chi connectivity index (χ1v) is 11.3. The molecule has 0 radical (unpaired) electrons. The van der Waals surface area contributed by atoms with Gasteiger partial charge in [-0.15, -0.1) is 11.3 Å². The van der Waals surface area contributed by atoms with Crippen molar-refractivity contribution < 1.29 is 9.53 Å². The molecule has 3 heterocycles. The third-order valence-corrected chi connectivity index (χ3v) is 6.87. The first-order valence-electron chi connectivity index (χ1n) is 8.71. The summed E-state index contributed by atoms with van der Waals surface area (Å²) in [5, 5.41) is 4.30. The van der Waals surface area contributed by atoms with Crippen molar-refractivity contribution in [1.29, 1.82) is 0 Å². The van der Waals surface area contributed by atoms with Gasteiger partial charge in [0.1, 0.15) is 10.6 Å². The van der Waals surface area contributed by atoms with Crippen LogP contribution in [0.25, 0.3) is 10.2 Å². The summed E-state index contributed by atoms with van der Waals surface area (Å²) in [7, 11) is 0. The number of nitrogens with two attached hydrogens (primary N) is 1. The molecule has 0 atom stereocenters. The highest BCUT2D eigenvalue weighted by Gasteiger charge is 2.30. The highest BCUT2D eigenvalue weighted by atomic mass is 79.9. The van der Waals surface area contributed by atoms with E-state index in [-0.39, 0.29) is 17.3 Å². The number of thiophene rings is 1. The smallest absolute Gasteiger partial charge is 0.234 e. The van der Waals surface area contributed by atoms with Crippen LogP contribution in [0.5, 0.6) is 0 Å². The molecule has 1 aliphatic rings. The molecule has 6 nitrogen and oxygen atoms in total. The molecule has 0 aliphatic carbocycles. The maximum Gasteiger partial charge on any atom is 0.234 e. The van der Waals surface area contributed by atoms with Crippen LogP contribution in [-0.4, -0.2) is 27.2 Å². The number of rotatable bonds is 4. The molecule has 1 aromatic carbocycles. The van der Waals surface area contributed by atoms with Gasteiger partial charge in [-0.1, -0.05) is 27.7 Å². The van der Waals surface area contributed by atoms with Crippen LogP contribution < -0.4 is 11.1 Å². The zero-order valence-electron chi connectivity index (χ0n) is 15.4. The Morgan fingerprint density at radius 1 is 1.36 bits per heavy atom. The monoisotopic (exact) mass is 478 g/mol. The summed E-state index contributed by atoms with van der Waals surface area (Å²) in [6.45, 7) is 4.72. The highest BCUT2D eigenvalue weighted by Crippen LogP contribution is 2.40. The lowest BCUT2D eigenvalue weighted by molar-refractivity contribution is -0.113. The van der Waals surface area contributed by atoms with Gasteiger partial charge in [0.2, 0.25) is 5.91 Å². The van der Waals surface area contributed by atoms with Crippen molar-refractivity contribution in [2.24, 2.45) is 0 Å². The van der Waals surface area contributed by atoms with Gasteiger partial charge in [0.25, 0.3) is 0 Å². The van der Waals surface area contributed by atoms with E-state index >= 15 is 0 Å². The van der Waals surface area contributed by atoms with E-state index in [0.717, 1.165) is 31.7 Å². The number of amides is 1. The zero-order chi connectivity index (χ0) is 19.9. The second kappa shape index (κ2) is 7.62. The number of carbonyl (C=O) groups excluding carboxylic acids is 1. The van der Waals surface area contributed by atoms with Gasteiger partial charge in [0.05, 0.1) is 23.3 Å². The average Bonchev–Trinajstić information content (AvgIpc) is 2.99. The van der Waals surface area contributed by atoms with E-state index in [1.807, 2.05) is 24.3 Å². The molecule has 2 aromatic heterocycles. The van der Waals surface area contributed by atoms with Crippen LogP contribution in [0.3, 0.4) is 0 Å². The van der Waals surface area contributed by atoms with E-state index in [1.165, 1.54) is 17.3 Å². The summed E-state index contributed by atoms with van der Waals surface area (Å²) in [6.07, 6.45) is 0.790. The molecule has 1 amide bonds. The molecule has 0 spiro atoms. The summed E-state index contributed by atoms with van der Waals surface area (Å²) in [5.74, 6) is 0.564. The minimum Gasteiger partial charge on any atom is -0.383 e. The number of aromatic nitrogens is 2. The number of nitrogens with one attached hydrogen (secondary N) is 1. The van der Waals surface area contributed by atoms with Crippen LogP contribution >= 0.6 is 39.0 Å². The Morgan fingerprint density at radius 3 is 2.86 bits per heavy atom. The lowest BCUT2D eigenvalue weighted by Crippen LogP contribution is -2.31. The largest absolute Gasteiger partial charge is 0.383 e. The quantitative estimate of drug-likeness (QED) is 0.419. The van der Waals surface area contributed by atoms with Crippen LogP contribution in [0.15, 0.2) is 33.9 Å². The number of thioether (sulfide) groups is 1. The molecule has 9 heteroatoms.